The van der Waals surface area contributed by atoms with E-state index in [2.05, 4.69) is 25.3 Å². The Kier molecular flexibility index (Phi) is 5.99. The fourth-order valence-electron chi connectivity index (χ4n) is 3.94. The van der Waals surface area contributed by atoms with Gasteiger partial charge < -0.3 is 5.32 Å². The molecule has 1 aromatic heterocycles. The second kappa shape index (κ2) is 8.52. The van der Waals surface area contributed by atoms with Crippen molar-refractivity contribution in [1.82, 2.24) is 15.3 Å². The Bertz CT molecular complexity index is 1150. The molecule has 1 N–H and O–H groups in total. The van der Waals surface area contributed by atoms with E-state index in [4.69, 9.17) is 0 Å². The van der Waals surface area contributed by atoms with E-state index in [1.165, 1.54) is 13.3 Å². The lowest BCUT2D eigenvalue weighted by molar-refractivity contribution is -0.137. The van der Waals surface area contributed by atoms with Crippen molar-refractivity contribution in [3.8, 4) is 0 Å². The molecule has 0 saturated heterocycles. The number of carbonyl (C=O) groups is 1. The molecule has 2 aromatic rings. The normalized spacial score (nSPS) is 24.7. The summed E-state index contributed by atoms with van der Waals surface area (Å²) in [5, 5.41) is 2.63. The minimum absolute atomic E-state index is 0.213. The molecule has 180 valence electrons. The van der Waals surface area contributed by atoms with Crippen molar-refractivity contribution in [2.45, 2.75) is 62.7 Å². The molecule has 3 atom stereocenters. The van der Waals surface area contributed by atoms with Gasteiger partial charge in [0.25, 0.3) is 11.8 Å². The third-order valence-electron chi connectivity index (χ3n) is 6.29. The maximum Gasteiger partial charge on any atom is 0.416 e. The molecule has 6 nitrogen and oxygen atoms in total. The molecule has 3 unspecified atom stereocenters. The molecule has 1 aliphatic heterocycles. The number of alkyl halides is 5. The fourth-order valence-corrected chi connectivity index (χ4v) is 3.94. The van der Waals surface area contributed by atoms with Gasteiger partial charge in [0.15, 0.2) is 5.82 Å². The average molecular weight is 479 g/mol. The molecule has 34 heavy (non-hydrogen) atoms. The van der Waals surface area contributed by atoms with Gasteiger partial charge in [-0.1, -0.05) is 0 Å². The van der Waals surface area contributed by atoms with Crippen molar-refractivity contribution >= 4 is 18.0 Å². The van der Waals surface area contributed by atoms with Gasteiger partial charge in [-0.2, -0.15) is 13.2 Å². The van der Waals surface area contributed by atoms with E-state index in [1.807, 2.05) is 0 Å². The monoisotopic (exact) mass is 479 g/mol. The van der Waals surface area contributed by atoms with Gasteiger partial charge in [0, 0.05) is 30.1 Å². The molecule has 1 fully saturated rings. The molecule has 11 heteroatoms. The quantitative estimate of drug-likeness (QED) is 0.619. The van der Waals surface area contributed by atoms with Gasteiger partial charge >= 0.3 is 6.18 Å². The van der Waals surface area contributed by atoms with E-state index in [0.29, 0.717) is 36.5 Å². The van der Waals surface area contributed by atoms with Crippen molar-refractivity contribution in [1.29, 1.82) is 0 Å². The first kappa shape index (κ1) is 23.9. The minimum Gasteiger partial charge on any atom is -0.344 e. The van der Waals surface area contributed by atoms with Crippen LogP contribution in [0.3, 0.4) is 0 Å². The first-order valence-corrected chi connectivity index (χ1v) is 10.7. The zero-order chi connectivity index (χ0) is 24.7. The third kappa shape index (κ3) is 4.69. The van der Waals surface area contributed by atoms with Gasteiger partial charge in [-0.15, -0.1) is 0 Å². The Morgan fingerprint density at radius 1 is 1.18 bits per heavy atom. The van der Waals surface area contributed by atoms with Gasteiger partial charge in [-0.05, 0) is 56.5 Å². The number of amides is 1. The highest BCUT2D eigenvalue weighted by Gasteiger charge is 2.68. The van der Waals surface area contributed by atoms with Crippen LogP contribution >= 0.6 is 0 Å². The van der Waals surface area contributed by atoms with Gasteiger partial charge in [0.05, 0.1) is 17.0 Å². The highest BCUT2D eigenvalue weighted by atomic mass is 19.4. The van der Waals surface area contributed by atoms with Gasteiger partial charge in [-0.3, -0.25) is 9.79 Å². The number of benzene rings is 1. The lowest BCUT2D eigenvalue weighted by Crippen LogP contribution is -2.38. The first-order valence-electron chi connectivity index (χ1n) is 10.7. The van der Waals surface area contributed by atoms with Gasteiger partial charge in [-0.25, -0.2) is 23.7 Å². The number of hydrogen-bond donors (Lipinski definition) is 1. The Morgan fingerprint density at radius 3 is 2.47 bits per heavy atom. The van der Waals surface area contributed by atoms with E-state index in [1.54, 1.807) is 25.4 Å². The van der Waals surface area contributed by atoms with Crippen molar-refractivity contribution in [2.75, 3.05) is 0 Å². The molecule has 1 aliphatic carbocycles. The van der Waals surface area contributed by atoms with Crippen LogP contribution in [0, 0.1) is 0 Å². The van der Waals surface area contributed by atoms with E-state index in [9.17, 15) is 26.7 Å². The molecule has 1 saturated carbocycles. The largest absolute Gasteiger partial charge is 0.416 e. The minimum atomic E-state index is -4.78. The summed E-state index contributed by atoms with van der Waals surface area (Å²) < 4.78 is 68.0. The maximum atomic E-state index is 13.9. The highest BCUT2D eigenvalue weighted by molar-refractivity contribution is 6.01. The van der Waals surface area contributed by atoms with Crippen molar-refractivity contribution in [3.63, 3.8) is 0 Å². The number of aliphatic imine (C=N–C) groups is 2. The Hall–Kier alpha value is -3.24. The van der Waals surface area contributed by atoms with Crippen LogP contribution in [-0.2, 0) is 11.6 Å². The number of rotatable bonds is 5. The SMILES string of the molecule is CC(NC(=O)c1cc(C(F)(F)F)cc(C2(C)CC2(F)F)c1)C1=NC=NC(c2ncccn2)CC1. The van der Waals surface area contributed by atoms with E-state index in [-0.39, 0.29) is 17.2 Å². The summed E-state index contributed by atoms with van der Waals surface area (Å²) in [7, 11) is 0. The zero-order valence-electron chi connectivity index (χ0n) is 18.4. The number of nitrogens with one attached hydrogen (secondary N) is 1. The molecule has 0 radical (unpaired) electrons. The lowest BCUT2D eigenvalue weighted by Gasteiger charge is -2.19. The molecular weight excluding hydrogens is 457 g/mol. The summed E-state index contributed by atoms with van der Waals surface area (Å²) in [4.78, 5) is 29.8. The number of halogens is 5. The van der Waals surface area contributed by atoms with E-state index in [0.717, 1.165) is 6.07 Å². The fraction of sp³-hybridized carbons (Fsp3) is 0.435. The number of aromatic nitrogens is 2. The Morgan fingerprint density at radius 2 is 1.85 bits per heavy atom. The Balaban J connectivity index is 1.50. The van der Waals surface area contributed by atoms with Gasteiger partial charge in [0.1, 0.15) is 12.4 Å². The summed E-state index contributed by atoms with van der Waals surface area (Å²) in [5.41, 5.74) is -2.85. The highest BCUT2D eigenvalue weighted by Crippen LogP contribution is 2.61. The molecule has 4 rings (SSSR count). The summed E-state index contributed by atoms with van der Waals surface area (Å²) >= 11 is 0. The molecule has 0 bridgehead atoms. The van der Waals surface area contributed by atoms with Crippen LogP contribution in [0.25, 0.3) is 0 Å². The molecule has 2 heterocycles. The van der Waals surface area contributed by atoms with Crippen LogP contribution in [0.1, 0.15) is 66.5 Å². The third-order valence-corrected chi connectivity index (χ3v) is 6.29. The predicted octanol–water partition coefficient (Wildman–Crippen LogP) is 4.91. The van der Waals surface area contributed by atoms with Crippen LogP contribution in [0.2, 0.25) is 0 Å². The summed E-state index contributed by atoms with van der Waals surface area (Å²) in [6.07, 6.45) is 0.186. The molecule has 0 spiro atoms. The van der Waals surface area contributed by atoms with Crippen molar-refractivity contribution < 1.29 is 26.7 Å². The lowest BCUT2D eigenvalue weighted by atomic mass is 9.93. The second-order valence-electron chi connectivity index (χ2n) is 8.75. The second-order valence-corrected chi connectivity index (χ2v) is 8.75. The standard InChI is InChI=1S/C23H22F5N5O/c1-13(17-4-5-18(32-12-31-17)19-29-6-3-7-30-19)33-20(34)14-8-15(21(2)11-22(21,24)25)10-16(9-14)23(26,27)28/h3,6-10,12-13,18H,4-5,11H2,1-2H3,(H,33,34). The molecule has 1 aromatic carbocycles. The maximum absolute atomic E-state index is 13.9. The smallest absolute Gasteiger partial charge is 0.344 e. The Labute approximate surface area is 192 Å². The van der Waals surface area contributed by atoms with Crippen LogP contribution < -0.4 is 5.32 Å². The van der Waals surface area contributed by atoms with Crippen LogP contribution in [0.4, 0.5) is 22.0 Å². The summed E-state index contributed by atoms with van der Waals surface area (Å²) in [5.74, 6) is -3.39. The van der Waals surface area contributed by atoms with Crippen molar-refractivity contribution in [2.24, 2.45) is 9.98 Å². The average Bonchev–Trinajstić information content (AvgIpc) is 3.41. The first-order chi connectivity index (χ1) is 15.9. The van der Waals surface area contributed by atoms with E-state index >= 15 is 0 Å². The predicted molar refractivity (Wildman–Crippen MR) is 115 cm³/mol. The van der Waals surface area contributed by atoms with Crippen molar-refractivity contribution in [3.05, 3.63) is 59.2 Å². The van der Waals surface area contributed by atoms with Gasteiger partial charge in [0.2, 0.25) is 0 Å². The number of nitrogens with zero attached hydrogens (tertiary/aromatic N) is 4. The summed E-state index contributed by atoms with van der Waals surface area (Å²) in [6.45, 7) is 2.84. The molecular formula is C23H22F5N5O. The molecule has 2 aliphatic rings. The number of carbonyl (C=O) groups excluding carboxylic acids is 1. The number of hydrogen-bond acceptors (Lipinski definition) is 5. The van der Waals surface area contributed by atoms with Crippen LogP contribution in [0.5, 0.6) is 0 Å². The topological polar surface area (TPSA) is 79.6 Å². The zero-order valence-corrected chi connectivity index (χ0v) is 18.4. The van der Waals surface area contributed by atoms with Crippen LogP contribution in [-0.4, -0.2) is 39.9 Å². The van der Waals surface area contributed by atoms with E-state index < -0.39 is 41.4 Å². The summed E-state index contributed by atoms with van der Waals surface area (Å²) in [6, 6.07) is 3.24. The van der Waals surface area contributed by atoms with Crippen LogP contribution in [0.15, 0.2) is 46.6 Å². The molecule has 1 amide bonds.